The van der Waals surface area contributed by atoms with E-state index in [9.17, 15) is 9.90 Å². The molecule has 0 unspecified atom stereocenters. The fraction of sp³-hybridized carbons (Fsp3) is 0.0476. The highest BCUT2D eigenvalue weighted by atomic mass is 35.5. The van der Waals surface area contributed by atoms with Crippen molar-refractivity contribution < 1.29 is 14.6 Å². The standard InChI is InChI=1S/C21H16Cl2N2O3/c22-16-9-8-15(19(23)11-16)13-28-17-5-3-4-14(10-17)12-24-25-20-7-2-1-6-18(20)21(26)27/h1-12,25H,13H2,(H,26,27)/b24-12+. The smallest absolute Gasteiger partial charge is 0.337 e. The van der Waals surface area contributed by atoms with Crippen LogP contribution in [-0.4, -0.2) is 17.3 Å². The number of hydrazone groups is 1. The SMILES string of the molecule is O=C(O)c1ccccc1N/N=C/c1cccc(OCc2ccc(Cl)cc2Cl)c1. The van der Waals surface area contributed by atoms with Crippen molar-refractivity contribution >= 4 is 41.1 Å². The summed E-state index contributed by atoms with van der Waals surface area (Å²) in [5.74, 6) is -0.365. The Kier molecular flexibility index (Phi) is 6.53. The summed E-state index contributed by atoms with van der Waals surface area (Å²) in [5, 5.41) is 14.4. The van der Waals surface area contributed by atoms with Gasteiger partial charge >= 0.3 is 5.97 Å². The molecule has 0 aliphatic carbocycles. The van der Waals surface area contributed by atoms with E-state index in [1.54, 1.807) is 36.5 Å². The number of ether oxygens (including phenoxy) is 1. The molecule has 5 nitrogen and oxygen atoms in total. The van der Waals surface area contributed by atoms with Gasteiger partial charge in [0.1, 0.15) is 12.4 Å². The van der Waals surface area contributed by atoms with E-state index in [0.29, 0.717) is 28.1 Å². The molecule has 0 aliphatic rings. The predicted molar refractivity (Wildman–Crippen MR) is 112 cm³/mol. The Bertz CT molecular complexity index is 1020. The molecule has 0 fully saturated rings. The number of hydrogen-bond donors (Lipinski definition) is 2. The normalized spacial score (nSPS) is 10.8. The molecule has 0 radical (unpaired) electrons. The lowest BCUT2D eigenvalue weighted by molar-refractivity contribution is 0.0698. The van der Waals surface area contributed by atoms with Crippen molar-refractivity contribution in [2.75, 3.05) is 5.43 Å². The number of halogens is 2. The molecule has 2 N–H and O–H groups in total. The van der Waals surface area contributed by atoms with Crippen LogP contribution in [0, 0.1) is 0 Å². The Morgan fingerprint density at radius 3 is 2.68 bits per heavy atom. The van der Waals surface area contributed by atoms with Gasteiger partial charge in [-0.2, -0.15) is 5.10 Å². The second kappa shape index (κ2) is 9.26. The Balaban J connectivity index is 1.65. The van der Waals surface area contributed by atoms with Crippen LogP contribution in [0.3, 0.4) is 0 Å². The van der Waals surface area contributed by atoms with E-state index in [2.05, 4.69) is 10.5 Å². The molecule has 7 heteroatoms. The predicted octanol–water partition coefficient (Wildman–Crippen LogP) is 5.72. The molecule has 0 amide bonds. The summed E-state index contributed by atoms with van der Waals surface area (Å²) in [7, 11) is 0. The molecular weight excluding hydrogens is 399 g/mol. The monoisotopic (exact) mass is 414 g/mol. The summed E-state index contributed by atoms with van der Waals surface area (Å²) in [6, 6.07) is 19.1. The Labute approximate surface area is 172 Å². The van der Waals surface area contributed by atoms with Crippen LogP contribution in [0.1, 0.15) is 21.5 Å². The van der Waals surface area contributed by atoms with Crippen molar-refractivity contribution in [3.05, 3.63) is 93.5 Å². The van der Waals surface area contributed by atoms with Gasteiger partial charge in [-0.3, -0.25) is 5.43 Å². The van der Waals surface area contributed by atoms with Crippen LogP contribution in [0.4, 0.5) is 5.69 Å². The highest BCUT2D eigenvalue weighted by Gasteiger charge is 2.07. The lowest BCUT2D eigenvalue weighted by Crippen LogP contribution is -2.02. The maximum absolute atomic E-state index is 11.2. The van der Waals surface area contributed by atoms with Crippen molar-refractivity contribution in [3.8, 4) is 5.75 Å². The molecule has 0 saturated heterocycles. The zero-order valence-corrected chi connectivity index (χ0v) is 16.1. The lowest BCUT2D eigenvalue weighted by Gasteiger charge is -2.09. The fourth-order valence-electron chi connectivity index (χ4n) is 2.43. The molecule has 0 saturated carbocycles. The van der Waals surface area contributed by atoms with E-state index >= 15 is 0 Å². The number of benzene rings is 3. The first-order chi connectivity index (χ1) is 13.5. The van der Waals surface area contributed by atoms with Gasteiger partial charge in [-0.1, -0.05) is 53.5 Å². The van der Waals surface area contributed by atoms with Crippen LogP contribution >= 0.6 is 23.2 Å². The van der Waals surface area contributed by atoms with E-state index in [4.69, 9.17) is 27.9 Å². The largest absolute Gasteiger partial charge is 0.489 e. The molecular formula is C21H16Cl2N2O3. The van der Waals surface area contributed by atoms with Crippen molar-refractivity contribution in [1.29, 1.82) is 0 Å². The topological polar surface area (TPSA) is 70.9 Å². The van der Waals surface area contributed by atoms with Crippen LogP contribution in [-0.2, 0) is 6.61 Å². The van der Waals surface area contributed by atoms with Gasteiger partial charge in [0.2, 0.25) is 0 Å². The number of carbonyl (C=O) groups is 1. The number of carboxylic acid groups (broad SMARTS) is 1. The summed E-state index contributed by atoms with van der Waals surface area (Å²) in [6.07, 6.45) is 1.58. The molecule has 142 valence electrons. The number of hydrogen-bond acceptors (Lipinski definition) is 4. The molecule has 3 aromatic carbocycles. The zero-order chi connectivity index (χ0) is 19.9. The molecule has 0 aliphatic heterocycles. The van der Waals surface area contributed by atoms with Gasteiger partial charge in [0, 0.05) is 15.6 Å². The number of para-hydroxylation sites is 1. The number of rotatable bonds is 7. The summed E-state index contributed by atoms with van der Waals surface area (Å²) < 4.78 is 5.78. The molecule has 28 heavy (non-hydrogen) atoms. The minimum absolute atomic E-state index is 0.150. The number of anilines is 1. The first-order valence-electron chi connectivity index (χ1n) is 8.31. The summed E-state index contributed by atoms with van der Waals surface area (Å²) in [4.78, 5) is 11.2. The molecule has 0 heterocycles. The van der Waals surface area contributed by atoms with E-state index in [-0.39, 0.29) is 5.56 Å². The zero-order valence-electron chi connectivity index (χ0n) is 14.6. The van der Waals surface area contributed by atoms with E-state index < -0.39 is 5.97 Å². The molecule has 0 aromatic heterocycles. The molecule has 3 aromatic rings. The minimum atomic E-state index is -1.02. The first kappa shape index (κ1) is 19.7. The van der Waals surface area contributed by atoms with Gasteiger partial charge in [-0.25, -0.2) is 4.79 Å². The van der Waals surface area contributed by atoms with E-state index in [1.807, 2.05) is 30.3 Å². The van der Waals surface area contributed by atoms with Crippen LogP contribution in [0.25, 0.3) is 0 Å². The van der Waals surface area contributed by atoms with Crippen LogP contribution < -0.4 is 10.2 Å². The average Bonchev–Trinajstić information content (AvgIpc) is 2.68. The quantitative estimate of drug-likeness (QED) is 0.383. The number of carboxylic acids is 1. The second-order valence-corrected chi connectivity index (χ2v) is 6.66. The van der Waals surface area contributed by atoms with Crippen molar-refractivity contribution in [2.45, 2.75) is 6.61 Å². The fourth-order valence-corrected chi connectivity index (χ4v) is 2.89. The third-order valence-corrected chi connectivity index (χ3v) is 4.41. The third kappa shape index (κ3) is 5.25. The lowest BCUT2D eigenvalue weighted by atomic mass is 10.2. The Hall–Kier alpha value is -3.02. The maximum Gasteiger partial charge on any atom is 0.337 e. The van der Waals surface area contributed by atoms with Gasteiger partial charge in [0.05, 0.1) is 17.5 Å². The molecule has 3 rings (SSSR count). The Morgan fingerprint density at radius 2 is 1.89 bits per heavy atom. The van der Waals surface area contributed by atoms with Gasteiger partial charge in [0.25, 0.3) is 0 Å². The molecule has 0 bridgehead atoms. The van der Waals surface area contributed by atoms with Crippen molar-refractivity contribution in [3.63, 3.8) is 0 Å². The highest BCUT2D eigenvalue weighted by molar-refractivity contribution is 6.35. The molecule has 0 spiro atoms. The number of nitrogens with zero attached hydrogens (tertiary/aromatic N) is 1. The van der Waals surface area contributed by atoms with Gasteiger partial charge in [-0.15, -0.1) is 0 Å². The maximum atomic E-state index is 11.2. The summed E-state index contributed by atoms with van der Waals surface area (Å²) in [5.41, 5.74) is 4.94. The molecule has 0 atom stereocenters. The average molecular weight is 415 g/mol. The highest BCUT2D eigenvalue weighted by Crippen LogP contribution is 2.23. The van der Waals surface area contributed by atoms with Gasteiger partial charge < -0.3 is 9.84 Å². The van der Waals surface area contributed by atoms with Crippen molar-refractivity contribution in [2.24, 2.45) is 5.10 Å². The summed E-state index contributed by atoms with van der Waals surface area (Å²) >= 11 is 12.0. The number of nitrogens with one attached hydrogen (secondary N) is 1. The van der Waals surface area contributed by atoms with Crippen molar-refractivity contribution in [1.82, 2.24) is 0 Å². The van der Waals surface area contributed by atoms with E-state index in [0.717, 1.165) is 11.1 Å². The van der Waals surface area contributed by atoms with Crippen LogP contribution in [0.15, 0.2) is 71.8 Å². The summed E-state index contributed by atoms with van der Waals surface area (Å²) in [6.45, 7) is 0.306. The minimum Gasteiger partial charge on any atom is -0.489 e. The first-order valence-corrected chi connectivity index (χ1v) is 9.07. The van der Waals surface area contributed by atoms with Gasteiger partial charge in [-0.05, 0) is 42.0 Å². The van der Waals surface area contributed by atoms with Crippen LogP contribution in [0.5, 0.6) is 5.75 Å². The van der Waals surface area contributed by atoms with E-state index in [1.165, 1.54) is 6.07 Å². The van der Waals surface area contributed by atoms with Gasteiger partial charge in [0.15, 0.2) is 0 Å². The number of aromatic carboxylic acids is 1. The second-order valence-electron chi connectivity index (χ2n) is 5.82. The van der Waals surface area contributed by atoms with Crippen LogP contribution in [0.2, 0.25) is 10.0 Å². The Morgan fingerprint density at radius 1 is 1.07 bits per heavy atom. The third-order valence-electron chi connectivity index (χ3n) is 3.82.